The van der Waals surface area contributed by atoms with Crippen molar-refractivity contribution in [3.8, 4) is 5.75 Å². The molecular formula is C16H19FO4. The molecule has 0 atom stereocenters. The zero-order valence-electron chi connectivity index (χ0n) is 12.0. The zero-order chi connectivity index (χ0) is 15.5. The summed E-state index contributed by atoms with van der Waals surface area (Å²) >= 11 is 0. The first-order chi connectivity index (χ1) is 10.1. The SMILES string of the molecule is CCC/C=C\COC(=O)CCC(=O)Oc1ccccc1F. The third-order valence-corrected chi connectivity index (χ3v) is 2.56. The molecule has 0 amide bonds. The third-order valence-electron chi connectivity index (χ3n) is 2.56. The van der Waals surface area contributed by atoms with Crippen molar-refractivity contribution in [2.45, 2.75) is 32.6 Å². The molecule has 5 heteroatoms. The van der Waals surface area contributed by atoms with Crippen molar-refractivity contribution in [2.24, 2.45) is 0 Å². The van der Waals surface area contributed by atoms with Crippen molar-refractivity contribution in [2.75, 3.05) is 6.61 Å². The highest BCUT2D eigenvalue weighted by Gasteiger charge is 2.11. The summed E-state index contributed by atoms with van der Waals surface area (Å²) < 4.78 is 23.0. The second-order valence-corrected chi connectivity index (χ2v) is 4.35. The van der Waals surface area contributed by atoms with Crippen LogP contribution in [0.4, 0.5) is 4.39 Å². The first kappa shape index (κ1) is 16.9. The third kappa shape index (κ3) is 7.25. The Kier molecular flexibility index (Phi) is 7.79. The van der Waals surface area contributed by atoms with Gasteiger partial charge in [-0.1, -0.05) is 37.6 Å². The average Bonchev–Trinajstić information content (AvgIpc) is 2.47. The van der Waals surface area contributed by atoms with Crippen molar-refractivity contribution in [1.29, 1.82) is 0 Å². The Morgan fingerprint density at radius 2 is 1.86 bits per heavy atom. The van der Waals surface area contributed by atoms with Crippen LogP contribution in [0.5, 0.6) is 5.75 Å². The van der Waals surface area contributed by atoms with E-state index in [1.807, 2.05) is 6.08 Å². The molecule has 0 saturated heterocycles. The van der Waals surface area contributed by atoms with Gasteiger partial charge in [-0.05, 0) is 18.6 Å². The van der Waals surface area contributed by atoms with E-state index in [1.165, 1.54) is 18.2 Å². The summed E-state index contributed by atoms with van der Waals surface area (Å²) in [7, 11) is 0. The van der Waals surface area contributed by atoms with Crippen LogP contribution in [0.3, 0.4) is 0 Å². The van der Waals surface area contributed by atoms with Gasteiger partial charge in [-0.2, -0.15) is 0 Å². The van der Waals surface area contributed by atoms with Crippen LogP contribution in [0.2, 0.25) is 0 Å². The van der Waals surface area contributed by atoms with Crippen LogP contribution in [0.15, 0.2) is 36.4 Å². The van der Waals surface area contributed by atoms with E-state index in [9.17, 15) is 14.0 Å². The van der Waals surface area contributed by atoms with Crippen LogP contribution in [0.1, 0.15) is 32.6 Å². The summed E-state index contributed by atoms with van der Waals surface area (Å²) in [5.41, 5.74) is 0. The highest BCUT2D eigenvalue weighted by molar-refractivity contribution is 5.79. The number of para-hydroxylation sites is 1. The lowest BCUT2D eigenvalue weighted by Crippen LogP contribution is -2.13. The van der Waals surface area contributed by atoms with Gasteiger partial charge >= 0.3 is 11.9 Å². The van der Waals surface area contributed by atoms with E-state index in [0.717, 1.165) is 12.8 Å². The molecule has 0 saturated carbocycles. The second-order valence-electron chi connectivity index (χ2n) is 4.35. The molecule has 21 heavy (non-hydrogen) atoms. The molecule has 0 N–H and O–H groups in total. The lowest BCUT2D eigenvalue weighted by atomic mass is 10.3. The fourth-order valence-electron chi connectivity index (χ4n) is 1.47. The Balaban J connectivity index is 2.24. The van der Waals surface area contributed by atoms with Gasteiger partial charge in [-0.25, -0.2) is 4.39 Å². The summed E-state index contributed by atoms with van der Waals surface area (Å²) in [6.45, 7) is 2.25. The summed E-state index contributed by atoms with van der Waals surface area (Å²) in [5, 5.41) is 0. The fourth-order valence-corrected chi connectivity index (χ4v) is 1.47. The predicted octanol–water partition coefficient (Wildman–Crippen LogP) is 3.41. The zero-order valence-corrected chi connectivity index (χ0v) is 12.0. The number of rotatable bonds is 8. The predicted molar refractivity (Wildman–Crippen MR) is 76.3 cm³/mol. The number of esters is 2. The van der Waals surface area contributed by atoms with E-state index in [4.69, 9.17) is 9.47 Å². The van der Waals surface area contributed by atoms with E-state index in [-0.39, 0.29) is 25.2 Å². The van der Waals surface area contributed by atoms with Crippen molar-refractivity contribution >= 4 is 11.9 Å². The van der Waals surface area contributed by atoms with E-state index in [2.05, 4.69) is 6.92 Å². The maximum Gasteiger partial charge on any atom is 0.311 e. The lowest BCUT2D eigenvalue weighted by molar-refractivity contribution is -0.146. The Labute approximate surface area is 123 Å². The first-order valence-corrected chi connectivity index (χ1v) is 6.89. The van der Waals surface area contributed by atoms with Crippen molar-refractivity contribution in [3.05, 3.63) is 42.2 Å². The van der Waals surface area contributed by atoms with Gasteiger partial charge in [0.1, 0.15) is 6.61 Å². The Bertz CT molecular complexity index is 497. The molecule has 0 spiro atoms. The normalized spacial score (nSPS) is 10.6. The smallest absolute Gasteiger partial charge is 0.311 e. The molecule has 0 aliphatic carbocycles. The molecule has 1 aromatic rings. The van der Waals surface area contributed by atoms with Crippen LogP contribution in [0.25, 0.3) is 0 Å². The molecule has 0 fully saturated rings. The van der Waals surface area contributed by atoms with E-state index in [0.29, 0.717) is 0 Å². The van der Waals surface area contributed by atoms with Gasteiger partial charge in [-0.3, -0.25) is 9.59 Å². The standard InChI is InChI=1S/C16H19FO4/c1-2-3-4-7-12-20-15(18)10-11-16(19)21-14-9-6-5-8-13(14)17/h4-9H,2-3,10-12H2,1H3/b7-4-. The Hall–Kier alpha value is -2.17. The van der Waals surface area contributed by atoms with Gasteiger partial charge in [-0.15, -0.1) is 0 Å². The van der Waals surface area contributed by atoms with Crippen molar-refractivity contribution in [3.63, 3.8) is 0 Å². The summed E-state index contributed by atoms with van der Waals surface area (Å²) in [6.07, 6.45) is 5.43. The maximum atomic E-state index is 13.2. The lowest BCUT2D eigenvalue weighted by Gasteiger charge is -2.05. The minimum Gasteiger partial charge on any atom is -0.461 e. The summed E-state index contributed by atoms with van der Waals surface area (Å²) in [5.74, 6) is -1.91. The monoisotopic (exact) mass is 294 g/mol. The molecule has 4 nitrogen and oxygen atoms in total. The van der Waals surface area contributed by atoms with E-state index in [1.54, 1.807) is 12.1 Å². The number of halogens is 1. The van der Waals surface area contributed by atoms with Gasteiger partial charge in [0.15, 0.2) is 11.6 Å². The molecule has 1 aromatic carbocycles. The fraction of sp³-hybridized carbons (Fsp3) is 0.375. The minimum absolute atomic E-state index is 0.0884. The van der Waals surface area contributed by atoms with Crippen LogP contribution in [-0.2, 0) is 14.3 Å². The van der Waals surface area contributed by atoms with E-state index >= 15 is 0 Å². The molecule has 0 radical (unpaired) electrons. The first-order valence-electron chi connectivity index (χ1n) is 6.89. The molecule has 0 heterocycles. The molecule has 0 bridgehead atoms. The molecule has 0 aliphatic rings. The molecule has 0 aromatic heterocycles. The molecular weight excluding hydrogens is 275 g/mol. The largest absolute Gasteiger partial charge is 0.461 e. The maximum absolute atomic E-state index is 13.2. The number of ether oxygens (including phenoxy) is 2. The van der Waals surface area contributed by atoms with Crippen LogP contribution >= 0.6 is 0 Å². The summed E-state index contributed by atoms with van der Waals surface area (Å²) in [6, 6.07) is 5.60. The Morgan fingerprint density at radius 1 is 1.14 bits per heavy atom. The minimum atomic E-state index is -0.668. The highest BCUT2D eigenvalue weighted by atomic mass is 19.1. The number of hydrogen-bond donors (Lipinski definition) is 0. The van der Waals surface area contributed by atoms with Crippen LogP contribution in [0, 0.1) is 5.82 Å². The number of benzene rings is 1. The van der Waals surface area contributed by atoms with Crippen molar-refractivity contribution in [1.82, 2.24) is 0 Å². The number of hydrogen-bond acceptors (Lipinski definition) is 4. The number of carbonyl (C=O) groups is 2. The summed E-state index contributed by atoms with van der Waals surface area (Å²) in [4.78, 5) is 22.8. The Morgan fingerprint density at radius 3 is 2.57 bits per heavy atom. The molecule has 114 valence electrons. The van der Waals surface area contributed by atoms with Crippen LogP contribution in [-0.4, -0.2) is 18.5 Å². The molecule has 0 aliphatic heterocycles. The number of unbranched alkanes of at least 4 members (excludes halogenated alkanes) is 1. The van der Waals surface area contributed by atoms with Gasteiger partial charge in [0, 0.05) is 0 Å². The highest BCUT2D eigenvalue weighted by Crippen LogP contribution is 2.16. The van der Waals surface area contributed by atoms with E-state index < -0.39 is 17.8 Å². The van der Waals surface area contributed by atoms with Crippen molar-refractivity contribution < 1.29 is 23.5 Å². The quantitative estimate of drug-likeness (QED) is 0.419. The number of carbonyl (C=O) groups excluding carboxylic acids is 2. The van der Waals surface area contributed by atoms with Crippen LogP contribution < -0.4 is 4.74 Å². The second kappa shape index (κ2) is 9.69. The average molecular weight is 294 g/mol. The van der Waals surface area contributed by atoms with Gasteiger partial charge in [0.2, 0.25) is 0 Å². The number of allylic oxidation sites excluding steroid dienone is 1. The topological polar surface area (TPSA) is 52.6 Å². The van der Waals surface area contributed by atoms with Gasteiger partial charge in [0.25, 0.3) is 0 Å². The molecule has 1 rings (SSSR count). The van der Waals surface area contributed by atoms with Gasteiger partial charge in [0.05, 0.1) is 12.8 Å². The van der Waals surface area contributed by atoms with Gasteiger partial charge < -0.3 is 9.47 Å². The molecule has 0 unspecified atom stereocenters.